The fraction of sp³-hybridized carbons (Fsp3) is 0.364. The Bertz CT molecular complexity index is 863. The number of benzene rings is 2. The average Bonchev–Trinajstić information content (AvgIpc) is 3.41. The third-order valence-corrected chi connectivity index (χ3v) is 4.96. The summed E-state index contributed by atoms with van der Waals surface area (Å²) in [7, 11) is 0. The van der Waals surface area contributed by atoms with E-state index in [-0.39, 0.29) is 23.2 Å². The molecule has 0 aromatic heterocycles. The topological polar surface area (TPSA) is 41.5 Å². The molecule has 28 heavy (non-hydrogen) atoms. The van der Waals surface area contributed by atoms with Gasteiger partial charge in [0.2, 0.25) is 5.91 Å². The third-order valence-electron chi connectivity index (χ3n) is 4.96. The molecule has 3 rings (SSSR count). The summed E-state index contributed by atoms with van der Waals surface area (Å²) in [4.78, 5) is 12.2. The van der Waals surface area contributed by atoms with Crippen molar-refractivity contribution < 1.29 is 18.0 Å². The van der Waals surface area contributed by atoms with E-state index in [0.29, 0.717) is 5.56 Å². The lowest BCUT2D eigenvalue weighted by Gasteiger charge is -2.19. The van der Waals surface area contributed by atoms with Crippen LogP contribution in [-0.4, -0.2) is 12.1 Å². The van der Waals surface area contributed by atoms with Crippen LogP contribution in [0.5, 0.6) is 0 Å². The summed E-state index contributed by atoms with van der Waals surface area (Å²) >= 11 is 0. The predicted octanol–water partition coefficient (Wildman–Crippen LogP) is 5.26. The first-order chi connectivity index (χ1) is 13.1. The number of alkyl halides is 3. The molecule has 3 nitrogen and oxygen atoms in total. The number of hydrogen-bond donors (Lipinski definition) is 1. The normalized spacial score (nSPS) is 19.6. The van der Waals surface area contributed by atoms with Gasteiger partial charge in [-0.2, -0.15) is 18.3 Å². The first-order valence-electron chi connectivity index (χ1n) is 9.16. The number of amides is 1. The predicted molar refractivity (Wildman–Crippen MR) is 103 cm³/mol. The average molecular weight is 388 g/mol. The quantitative estimate of drug-likeness (QED) is 0.564. The molecular formula is C22H23F3N2O. The molecule has 2 atom stereocenters. The molecular weight excluding hydrogens is 365 g/mol. The summed E-state index contributed by atoms with van der Waals surface area (Å²) < 4.78 is 37.6. The maximum Gasteiger partial charge on any atom is 0.416 e. The number of nitrogens with zero attached hydrogens (tertiary/aromatic N) is 1. The van der Waals surface area contributed by atoms with E-state index in [4.69, 9.17) is 0 Å². The van der Waals surface area contributed by atoms with Crippen molar-refractivity contribution in [3.8, 4) is 0 Å². The Morgan fingerprint density at radius 3 is 2.11 bits per heavy atom. The maximum atomic E-state index is 12.5. The molecule has 0 bridgehead atoms. The van der Waals surface area contributed by atoms with E-state index >= 15 is 0 Å². The summed E-state index contributed by atoms with van der Waals surface area (Å²) in [6.45, 7) is 6.47. The number of carbonyl (C=O) groups excluding carboxylic acids is 1. The SMILES string of the molecule is CC(C)(C)c1ccc([C@@H]2C[C@H]2C(=O)N/N=C/c2ccc(C(F)(F)F)cc2)cc1. The van der Waals surface area contributed by atoms with E-state index in [2.05, 4.69) is 55.6 Å². The zero-order valence-electron chi connectivity index (χ0n) is 16.0. The Kier molecular flexibility index (Phi) is 5.33. The molecule has 1 amide bonds. The van der Waals surface area contributed by atoms with Crippen molar-refractivity contribution in [3.05, 3.63) is 70.8 Å². The minimum atomic E-state index is -4.37. The van der Waals surface area contributed by atoms with Gasteiger partial charge >= 0.3 is 6.18 Å². The smallest absolute Gasteiger partial charge is 0.273 e. The number of hydrazone groups is 1. The van der Waals surface area contributed by atoms with Gasteiger partial charge in [-0.25, -0.2) is 5.43 Å². The third kappa shape index (κ3) is 4.80. The van der Waals surface area contributed by atoms with E-state index in [9.17, 15) is 18.0 Å². The first kappa shape index (κ1) is 20.1. The highest BCUT2D eigenvalue weighted by Crippen LogP contribution is 2.47. The van der Waals surface area contributed by atoms with Crippen molar-refractivity contribution in [2.45, 2.75) is 44.7 Å². The van der Waals surface area contributed by atoms with Gasteiger partial charge in [0, 0.05) is 5.92 Å². The Morgan fingerprint density at radius 2 is 1.57 bits per heavy atom. The van der Waals surface area contributed by atoms with Gasteiger partial charge in [0.05, 0.1) is 11.8 Å². The Morgan fingerprint density at radius 1 is 1.00 bits per heavy atom. The number of hydrogen-bond acceptors (Lipinski definition) is 2. The summed E-state index contributed by atoms with van der Waals surface area (Å²) in [5.41, 5.74) is 4.73. The highest BCUT2D eigenvalue weighted by molar-refractivity contribution is 5.85. The van der Waals surface area contributed by atoms with Crippen LogP contribution in [0.4, 0.5) is 13.2 Å². The fourth-order valence-corrected chi connectivity index (χ4v) is 3.09. The Labute approximate surface area is 162 Å². The molecule has 0 spiro atoms. The molecule has 0 aliphatic heterocycles. The Hall–Kier alpha value is -2.63. The van der Waals surface area contributed by atoms with Crippen molar-refractivity contribution >= 4 is 12.1 Å². The largest absolute Gasteiger partial charge is 0.416 e. The summed E-state index contributed by atoms with van der Waals surface area (Å²) in [6, 6.07) is 13.0. The molecule has 1 saturated carbocycles. The lowest BCUT2D eigenvalue weighted by Crippen LogP contribution is -2.20. The summed E-state index contributed by atoms with van der Waals surface area (Å²) in [5, 5.41) is 3.86. The van der Waals surface area contributed by atoms with Gasteiger partial charge in [0.15, 0.2) is 0 Å². The van der Waals surface area contributed by atoms with E-state index in [1.807, 2.05) is 0 Å². The first-order valence-corrected chi connectivity index (χ1v) is 9.16. The molecule has 0 heterocycles. The van der Waals surface area contributed by atoms with Crippen LogP contribution in [0, 0.1) is 5.92 Å². The van der Waals surface area contributed by atoms with Gasteiger partial charge in [0.1, 0.15) is 0 Å². The molecule has 2 aromatic rings. The molecule has 2 aromatic carbocycles. The van der Waals surface area contributed by atoms with Crippen molar-refractivity contribution in [3.63, 3.8) is 0 Å². The summed E-state index contributed by atoms with van der Waals surface area (Å²) in [6.07, 6.45) is -2.25. The van der Waals surface area contributed by atoms with E-state index in [1.54, 1.807) is 0 Å². The second-order valence-corrected chi connectivity index (χ2v) is 8.17. The second-order valence-electron chi connectivity index (χ2n) is 8.17. The van der Waals surface area contributed by atoms with Gasteiger partial charge in [0.25, 0.3) is 0 Å². The highest BCUT2D eigenvalue weighted by Gasteiger charge is 2.44. The van der Waals surface area contributed by atoms with Crippen LogP contribution in [-0.2, 0) is 16.4 Å². The number of carbonyl (C=O) groups is 1. The van der Waals surface area contributed by atoms with Crippen molar-refractivity contribution in [2.75, 3.05) is 0 Å². The summed E-state index contributed by atoms with van der Waals surface area (Å²) in [5.74, 6) is -0.103. The van der Waals surface area contributed by atoms with Crippen molar-refractivity contribution in [1.82, 2.24) is 5.43 Å². The van der Waals surface area contributed by atoms with Gasteiger partial charge < -0.3 is 0 Å². The highest BCUT2D eigenvalue weighted by atomic mass is 19.4. The molecule has 0 radical (unpaired) electrons. The number of halogens is 3. The van der Waals surface area contributed by atoms with Crippen molar-refractivity contribution in [2.24, 2.45) is 11.0 Å². The number of rotatable bonds is 4. The standard InChI is InChI=1S/C22H23F3N2O/c1-21(2,3)16-10-6-15(7-11-16)18-12-19(18)20(28)27-26-13-14-4-8-17(9-5-14)22(23,24)25/h4-11,13,18-19H,12H2,1-3H3,(H,27,28)/b26-13+/t18-,19+/m0/s1. The van der Waals surface area contributed by atoms with Gasteiger partial charge in [-0.1, -0.05) is 57.2 Å². The molecule has 148 valence electrons. The van der Waals surface area contributed by atoms with E-state index < -0.39 is 11.7 Å². The van der Waals surface area contributed by atoms with Gasteiger partial charge in [-0.15, -0.1) is 0 Å². The van der Waals surface area contributed by atoms with Crippen LogP contribution in [0.25, 0.3) is 0 Å². The lowest BCUT2D eigenvalue weighted by atomic mass is 9.86. The molecule has 1 N–H and O–H groups in total. The molecule has 0 saturated heterocycles. The minimum absolute atomic E-state index is 0.0892. The Balaban J connectivity index is 1.53. The molecule has 0 unspecified atom stereocenters. The van der Waals surface area contributed by atoms with Crippen LogP contribution in [0.3, 0.4) is 0 Å². The van der Waals surface area contributed by atoms with E-state index in [1.165, 1.54) is 23.9 Å². The van der Waals surface area contributed by atoms with Gasteiger partial charge in [-0.05, 0) is 46.6 Å². The van der Waals surface area contributed by atoms with Crippen LogP contribution in [0.1, 0.15) is 55.4 Å². The lowest BCUT2D eigenvalue weighted by molar-refractivity contribution is -0.137. The zero-order valence-corrected chi connectivity index (χ0v) is 16.0. The molecule has 6 heteroatoms. The van der Waals surface area contributed by atoms with Gasteiger partial charge in [-0.3, -0.25) is 4.79 Å². The second kappa shape index (κ2) is 7.41. The van der Waals surface area contributed by atoms with Crippen LogP contribution < -0.4 is 5.43 Å². The fourth-order valence-electron chi connectivity index (χ4n) is 3.09. The van der Waals surface area contributed by atoms with Crippen molar-refractivity contribution in [1.29, 1.82) is 0 Å². The van der Waals surface area contributed by atoms with Crippen LogP contribution in [0.15, 0.2) is 53.6 Å². The monoisotopic (exact) mass is 388 g/mol. The van der Waals surface area contributed by atoms with Crippen LogP contribution in [0.2, 0.25) is 0 Å². The molecule has 1 fully saturated rings. The molecule has 1 aliphatic carbocycles. The maximum absolute atomic E-state index is 12.5. The van der Waals surface area contributed by atoms with E-state index in [0.717, 1.165) is 24.1 Å². The molecule has 1 aliphatic rings. The minimum Gasteiger partial charge on any atom is -0.273 e. The van der Waals surface area contributed by atoms with Crippen LogP contribution >= 0.6 is 0 Å². The number of nitrogens with one attached hydrogen (secondary N) is 1. The zero-order chi connectivity index (χ0) is 20.5.